The molecule has 128 valence electrons. The first kappa shape index (κ1) is 16.4. The molecule has 1 amide bonds. The molecule has 0 spiro atoms. The van der Waals surface area contributed by atoms with Crippen LogP contribution in [0.4, 0.5) is 0 Å². The van der Waals surface area contributed by atoms with E-state index in [4.69, 9.17) is 9.26 Å². The van der Waals surface area contributed by atoms with Gasteiger partial charge in [-0.15, -0.1) is 0 Å². The van der Waals surface area contributed by atoms with E-state index < -0.39 is 0 Å². The van der Waals surface area contributed by atoms with Crippen LogP contribution in [-0.2, 0) is 4.79 Å². The molecular formula is C17H22N4O3. The number of methoxy groups -OCH3 is 1. The van der Waals surface area contributed by atoms with Crippen LogP contribution >= 0.6 is 0 Å². The standard InChI is InChI=1S/C17H22N4O3/c1-11(19-16(22)13-6-4-8-18-10-13)17-20-15(21-24-17)12-5-3-7-14(9-12)23-2/h3,5,7,9,11,13,18H,4,6,8,10H2,1-2H3,(H,19,22). The zero-order valence-corrected chi connectivity index (χ0v) is 13.9. The van der Waals surface area contributed by atoms with E-state index in [9.17, 15) is 4.79 Å². The summed E-state index contributed by atoms with van der Waals surface area (Å²) in [5.74, 6) is 1.62. The number of nitrogens with zero attached hydrogens (tertiary/aromatic N) is 2. The minimum Gasteiger partial charge on any atom is -0.497 e. The summed E-state index contributed by atoms with van der Waals surface area (Å²) in [6, 6.07) is 7.11. The van der Waals surface area contributed by atoms with Gasteiger partial charge in [-0.2, -0.15) is 4.98 Å². The van der Waals surface area contributed by atoms with Crippen molar-refractivity contribution in [1.29, 1.82) is 0 Å². The molecule has 0 bridgehead atoms. The predicted octanol–water partition coefficient (Wildman–Crippen LogP) is 1.92. The van der Waals surface area contributed by atoms with Crippen LogP contribution in [0.5, 0.6) is 5.75 Å². The Bertz CT molecular complexity index is 695. The van der Waals surface area contributed by atoms with Gasteiger partial charge in [-0.3, -0.25) is 4.79 Å². The van der Waals surface area contributed by atoms with Crippen molar-refractivity contribution in [2.24, 2.45) is 5.92 Å². The monoisotopic (exact) mass is 330 g/mol. The molecule has 2 heterocycles. The Morgan fingerprint density at radius 3 is 3.12 bits per heavy atom. The molecule has 1 fully saturated rings. The zero-order chi connectivity index (χ0) is 16.9. The van der Waals surface area contributed by atoms with Crippen molar-refractivity contribution >= 4 is 5.91 Å². The Morgan fingerprint density at radius 1 is 1.50 bits per heavy atom. The summed E-state index contributed by atoms with van der Waals surface area (Å²) in [4.78, 5) is 16.7. The van der Waals surface area contributed by atoms with Crippen LogP contribution in [-0.4, -0.2) is 36.2 Å². The summed E-state index contributed by atoms with van der Waals surface area (Å²) in [5, 5.41) is 10.2. The Hall–Kier alpha value is -2.41. The normalized spacial score (nSPS) is 18.8. The van der Waals surface area contributed by atoms with E-state index in [0.717, 1.165) is 37.2 Å². The van der Waals surface area contributed by atoms with Gasteiger partial charge < -0.3 is 19.9 Å². The van der Waals surface area contributed by atoms with E-state index in [0.29, 0.717) is 11.7 Å². The van der Waals surface area contributed by atoms with Gasteiger partial charge in [0.15, 0.2) is 0 Å². The number of nitrogens with one attached hydrogen (secondary N) is 2. The second-order valence-corrected chi connectivity index (χ2v) is 5.96. The molecule has 7 nitrogen and oxygen atoms in total. The minimum atomic E-state index is -0.328. The third kappa shape index (κ3) is 3.73. The van der Waals surface area contributed by atoms with Gasteiger partial charge in [0.05, 0.1) is 13.0 Å². The Morgan fingerprint density at radius 2 is 2.38 bits per heavy atom. The molecule has 0 radical (unpaired) electrons. The van der Waals surface area contributed by atoms with Crippen molar-refractivity contribution < 1.29 is 14.1 Å². The quantitative estimate of drug-likeness (QED) is 0.871. The highest BCUT2D eigenvalue weighted by Gasteiger charge is 2.24. The van der Waals surface area contributed by atoms with Crippen molar-refractivity contribution in [1.82, 2.24) is 20.8 Å². The third-order valence-corrected chi connectivity index (χ3v) is 4.17. The summed E-state index contributed by atoms with van der Waals surface area (Å²) in [6.07, 6.45) is 1.93. The number of amides is 1. The molecule has 0 saturated carbocycles. The fraction of sp³-hybridized carbons (Fsp3) is 0.471. The van der Waals surface area contributed by atoms with E-state index in [1.807, 2.05) is 31.2 Å². The van der Waals surface area contributed by atoms with Crippen molar-refractivity contribution in [3.8, 4) is 17.1 Å². The van der Waals surface area contributed by atoms with Gasteiger partial charge >= 0.3 is 0 Å². The predicted molar refractivity (Wildman–Crippen MR) is 88.4 cm³/mol. The second-order valence-electron chi connectivity index (χ2n) is 5.96. The molecule has 2 atom stereocenters. The Kier molecular flexibility index (Phi) is 5.10. The highest BCUT2D eigenvalue weighted by molar-refractivity contribution is 5.79. The summed E-state index contributed by atoms with van der Waals surface area (Å²) in [5.41, 5.74) is 0.805. The average Bonchev–Trinajstić information content (AvgIpc) is 3.13. The van der Waals surface area contributed by atoms with Crippen molar-refractivity contribution in [2.45, 2.75) is 25.8 Å². The van der Waals surface area contributed by atoms with E-state index >= 15 is 0 Å². The molecule has 2 N–H and O–H groups in total. The molecule has 1 aromatic heterocycles. The van der Waals surface area contributed by atoms with Crippen molar-refractivity contribution in [3.63, 3.8) is 0 Å². The third-order valence-electron chi connectivity index (χ3n) is 4.17. The van der Waals surface area contributed by atoms with Crippen LogP contribution in [0.2, 0.25) is 0 Å². The van der Waals surface area contributed by atoms with Crippen LogP contribution in [0.1, 0.15) is 31.7 Å². The van der Waals surface area contributed by atoms with Crippen molar-refractivity contribution in [3.05, 3.63) is 30.2 Å². The zero-order valence-electron chi connectivity index (χ0n) is 13.9. The molecule has 2 unspecified atom stereocenters. The number of aromatic nitrogens is 2. The molecule has 2 aromatic rings. The summed E-state index contributed by atoms with van der Waals surface area (Å²) < 4.78 is 10.5. The first-order valence-corrected chi connectivity index (χ1v) is 8.16. The lowest BCUT2D eigenvalue weighted by Crippen LogP contribution is -2.41. The SMILES string of the molecule is COc1cccc(-c2noc(C(C)NC(=O)C3CCCNC3)n2)c1. The topological polar surface area (TPSA) is 89.3 Å². The lowest BCUT2D eigenvalue weighted by Gasteiger charge is -2.23. The highest BCUT2D eigenvalue weighted by Crippen LogP contribution is 2.23. The molecule has 1 aliphatic rings. The van der Waals surface area contributed by atoms with E-state index in [-0.39, 0.29) is 17.9 Å². The molecule has 0 aliphatic carbocycles. The first-order chi connectivity index (χ1) is 11.7. The molecule has 7 heteroatoms. The molecule has 24 heavy (non-hydrogen) atoms. The number of rotatable bonds is 5. The average molecular weight is 330 g/mol. The second kappa shape index (κ2) is 7.44. The van der Waals surface area contributed by atoms with E-state index in [1.54, 1.807) is 7.11 Å². The molecule has 1 saturated heterocycles. The van der Waals surface area contributed by atoms with Gasteiger partial charge in [-0.25, -0.2) is 0 Å². The molecule has 1 aliphatic heterocycles. The van der Waals surface area contributed by atoms with Crippen LogP contribution < -0.4 is 15.4 Å². The number of carbonyl (C=O) groups excluding carboxylic acids is 1. The maximum Gasteiger partial charge on any atom is 0.249 e. The number of hydrogen-bond acceptors (Lipinski definition) is 6. The fourth-order valence-corrected chi connectivity index (χ4v) is 2.76. The maximum atomic E-state index is 12.3. The van der Waals surface area contributed by atoms with E-state index in [2.05, 4.69) is 20.8 Å². The lowest BCUT2D eigenvalue weighted by molar-refractivity contribution is -0.126. The number of benzene rings is 1. The summed E-state index contributed by atoms with van der Waals surface area (Å²) in [6.45, 7) is 3.54. The molecule has 1 aromatic carbocycles. The fourth-order valence-electron chi connectivity index (χ4n) is 2.76. The van der Waals surface area contributed by atoms with Crippen LogP contribution in [0.3, 0.4) is 0 Å². The smallest absolute Gasteiger partial charge is 0.249 e. The first-order valence-electron chi connectivity index (χ1n) is 8.16. The van der Waals surface area contributed by atoms with Crippen LogP contribution in [0.15, 0.2) is 28.8 Å². The summed E-state index contributed by atoms with van der Waals surface area (Å²) in [7, 11) is 1.61. The lowest BCUT2D eigenvalue weighted by atomic mass is 9.98. The van der Waals surface area contributed by atoms with Crippen LogP contribution in [0, 0.1) is 5.92 Å². The highest BCUT2D eigenvalue weighted by atomic mass is 16.5. The van der Waals surface area contributed by atoms with E-state index in [1.165, 1.54) is 0 Å². The largest absolute Gasteiger partial charge is 0.497 e. The Balaban J connectivity index is 1.66. The molecular weight excluding hydrogens is 308 g/mol. The van der Waals surface area contributed by atoms with Gasteiger partial charge in [-0.1, -0.05) is 17.3 Å². The van der Waals surface area contributed by atoms with Gasteiger partial charge in [-0.05, 0) is 38.4 Å². The minimum absolute atomic E-state index is 0.00183. The Labute approximate surface area is 140 Å². The number of hydrogen-bond donors (Lipinski definition) is 2. The van der Waals surface area contributed by atoms with Gasteiger partial charge in [0.2, 0.25) is 17.6 Å². The van der Waals surface area contributed by atoms with Gasteiger partial charge in [0, 0.05) is 12.1 Å². The number of ether oxygens (including phenoxy) is 1. The summed E-state index contributed by atoms with van der Waals surface area (Å²) >= 11 is 0. The number of piperidine rings is 1. The molecule has 3 rings (SSSR count). The van der Waals surface area contributed by atoms with Crippen molar-refractivity contribution in [2.75, 3.05) is 20.2 Å². The van der Waals surface area contributed by atoms with Gasteiger partial charge in [0.25, 0.3) is 0 Å². The number of carbonyl (C=O) groups is 1. The van der Waals surface area contributed by atoms with Gasteiger partial charge in [0.1, 0.15) is 11.8 Å². The maximum absolute atomic E-state index is 12.3. The van der Waals surface area contributed by atoms with Crippen LogP contribution in [0.25, 0.3) is 11.4 Å².